The number of nitrogens with zero attached hydrogens (tertiary/aromatic N) is 1. The first-order valence-corrected chi connectivity index (χ1v) is 4.92. The molecule has 1 aliphatic rings. The summed E-state index contributed by atoms with van der Waals surface area (Å²) in [7, 11) is 0. The Morgan fingerprint density at radius 1 is 1.46 bits per heavy atom. The largest absolute Gasteiger partial charge is 0.269 e. The Morgan fingerprint density at radius 3 is 2.85 bits per heavy atom. The van der Waals surface area contributed by atoms with Crippen LogP contribution in [0.3, 0.4) is 0 Å². The highest BCUT2D eigenvalue weighted by atomic mass is 35.5. The molecule has 0 N–H and O–H groups in total. The monoisotopic (exact) mass is 213 g/mol. The van der Waals surface area contributed by atoms with Crippen LogP contribution in [0.2, 0.25) is 0 Å². The molecule has 0 amide bonds. The number of hydrogen-bond donors (Lipinski definition) is 0. The third-order valence-corrected chi connectivity index (χ3v) is 3.13. The van der Waals surface area contributed by atoms with Crippen LogP contribution in [-0.2, 0) is 0 Å². The zero-order valence-corrected chi connectivity index (χ0v) is 9.07. The van der Waals surface area contributed by atoms with E-state index in [4.69, 9.17) is 0 Å². The smallest absolute Gasteiger partial charge is 0.0230 e. The Morgan fingerprint density at radius 2 is 2.31 bits per heavy atom. The quantitative estimate of drug-likeness (QED) is 0.677. The van der Waals surface area contributed by atoms with Crippen molar-refractivity contribution in [1.82, 2.24) is 0 Å². The maximum Gasteiger partial charge on any atom is 0.0230 e. The van der Waals surface area contributed by atoms with E-state index >= 15 is 0 Å². The molecule has 1 atom stereocenters. The normalized spacial score (nSPS) is 19.9. The Kier molecular flexibility index (Phi) is 3.70. The molecular formula is C10H12ClNS. The van der Waals surface area contributed by atoms with Crippen molar-refractivity contribution in [3.63, 3.8) is 0 Å². The van der Waals surface area contributed by atoms with Gasteiger partial charge >= 0.3 is 0 Å². The van der Waals surface area contributed by atoms with Gasteiger partial charge in [0.25, 0.3) is 0 Å². The Labute approximate surface area is 88.6 Å². The van der Waals surface area contributed by atoms with Crippen molar-refractivity contribution in [2.45, 2.75) is 19.3 Å². The zero-order valence-electron chi connectivity index (χ0n) is 7.43. The average Bonchev–Trinajstić information content (AvgIpc) is 2.54. The molecule has 1 aromatic heterocycles. The van der Waals surface area contributed by atoms with Gasteiger partial charge in [-0.25, -0.2) is 0 Å². The minimum Gasteiger partial charge on any atom is -0.269 e. The molecule has 0 saturated heterocycles. The number of allylic oxidation sites excluding steroid dienone is 1. The average molecular weight is 214 g/mol. The summed E-state index contributed by atoms with van der Waals surface area (Å²) in [6.45, 7) is 2.15. The van der Waals surface area contributed by atoms with Gasteiger partial charge in [-0.3, -0.25) is 4.99 Å². The third-order valence-electron chi connectivity index (χ3n) is 2.00. The Hall–Kier alpha value is -0.600. The van der Waals surface area contributed by atoms with E-state index in [0.29, 0.717) is 5.92 Å². The molecular weight excluding hydrogens is 202 g/mol. The highest BCUT2D eigenvalue weighted by molar-refractivity contribution is 7.12. The topological polar surface area (TPSA) is 12.4 Å². The van der Waals surface area contributed by atoms with E-state index in [0.717, 1.165) is 6.42 Å². The second-order valence-corrected chi connectivity index (χ2v) is 4.28. The predicted molar refractivity (Wildman–Crippen MR) is 61.3 cm³/mol. The van der Waals surface area contributed by atoms with Crippen molar-refractivity contribution in [2.75, 3.05) is 0 Å². The molecule has 70 valence electrons. The van der Waals surface area contributed by atoms with Crippen LogP contribution < -0.4 is 0 Å². The lowest BCUT2D eigenvalue weighted by molar-refractivity contribution is 0.909. The van der Waals surface area contributed by atoms with Gasteiger partial charge in [0.05, 0.1) is 0 Å². The number of aryl methyl sites for hydroxylation is 1. The molecule has 0 aromatic carbocycles. The minimum atomic E-state index is 0. The van der Waals surface area contributed by atoms with Crippen LogP contribution in [0.5, 0.6) is 0 Å². The second kappa shape index (κ2) is 4.58. The predicted octanol–water partition coefficient (Wildman–Crippen LogP) is 3.55. The van der Waals surface area contributed by atoms with Crippen molar-refractivity contribution in [2.24, 2.45) is 4.99 Å². The molecule has 2 heterocycles. The van der Waals surface area contributed by atoms with Gasteiger partial charge in [-0.05, 0) is 25.5 Å². The molecule has 2 rings (SSSR count). The Balaban J connectivity index is 0.000000845. The fourth-order valence-corrected chi connectivity index (χ4v) is 2.30. The first-order chi connectivity index (χ1) is 5.86. The first-order valence-electron chi connectivity index (χ1n) is 4.11. The van der Waals surface area contributed by atoms with Crippen molar-refractivity contribution in [3.05, 3.63) is 34.2 Å². The van der Waals surface area contributed by atoms with E-state index < -0.39 is 0 Å². The van der Waals surface area contributed by atoms with E-state index in [9.17, 15) is 0 Å². The lowest BCUT2D eigenvalue weighted by Gasteiger charge is -2.08. The van der Waals surface area contributed by atoms with Crippen LogP contribution in [0.15, 0.2) is 29.4 Å². The lowest BCUT2D eigenvalue weighted by Crippen LogP contribution is -1.95. The molecule has 0 spiro atoms. The van der Waals surface area contributed by atoms with Gasteiger partial charge in [0, 0.05) is 28.1 Å². The molecule has 0 radical (unpaired) electrons. The number of rotatable bonds is 1. The van der Waals surface area contributed by atoms with Gasteiger partial charge in [0.15, 0.2) is 0 Å². The molecule has 0 saturated carbocycles. The minimum absolute atomic E-state index is 0. The van der Waals surface area contributed by atoms with Crippen LogP contribution >= 0.6 is 23.7 Å². The maximum absolute atomic E-state index is 4.06. The summed E-state index contributed by atoms with van der Waals surface area (Å²) in [4.78, 5) is 6.90. The number of aliphatic imine (C=N–C) groups is 1. The maximum atomic E-state index is 4.06. The van der Waals surface area contributed by atoms with Crippen LogP contribution in [0.1, 0.15) is 22.1 Å². The fourth-order valence-electron chi connectivity index (χ4n) is 1.33. The molecule has 1 nitrogen and oxygen atoms in total. The molecule has 3 heteroatoms. The zero-order chi connectivity index (χ0) is 8.39. The van der Waals surface area contributed by atoms with Crippen LogP contribution in [0.4, 0.5) is 0 Å². The van der Waals surface area contributed by atoms with Crippen molar-refractivity contribution in [3.8, 4) is 0 Å². The van der Waals surface area contributed by atoms with E-state index in [-0.39, 0.29) is 12.4 Å². The van der Waals surface area contributed by atoms with Gasteiger partial charge in [-0.2, -0.15) is 0 Å². The Bertz CT molecular complexity index is 327. The van der Waals surface area contributed by atoms with E-state index in [1.807, 2.05) is 23.8 Å². The van der Waals surface area contributed by atoms with Crippen LogP contribution in [-0.4, -0.2) is 6.21 Å². The molecule has 0 aliphatic carbocycles. The second-order valence-electron chi connectivity index (χ2n) is 2.96. The number of hydrogen-bond acceptors (Lipinski definition) is 2. The SMILES string of the molecule is Cc1ccc(C2C=CN=CC2)s1.Cl. The fraction of sp³-hybridized carbons (Fsp3) is 0.300. The molecule has 13 heavy (non-hydrogen) atoms. The summed E-state index contributed by atoms with van der Waals surface area (Å²) in [5, 5.41) is 0. The summed E-state index contributed by atoms with van der Waals surface area (Å²) in [5.74, 6) is 0.571. The third kappa shape index (κ3) is 2.42. The molecule has 1 aliphatic heterocycles. The van der Waals surface area contributed by atoms with Crippen molar-refractivity contribution >= 4 is 30.0 Å². The first kappa shape index (κ1) is 10.5. The van der Waals surface area contributed by atoms with E-state index in [1.54, 1.807) is 0 Å². The summed E-state index contributed by atoms with van der Waals surface area (Å²) >= 11 is 1.88. The van der Waals surface area contributed by atoms with Gasteiger partial charge in [0.1, 0.15) is 0 Å². The summed E-state index contributed by atoms with van der Waals surface area (Å²) in [6.07, 6.45) is 7.10. The van der Waals surface area contributed by atoms with Gasteiger partial charge in [-0.1, -0.05) is 6.08 Å². The van der Waals surface area contributed by atoms with Gasteiger partial charge in [-0.15, -0.1) is 23.7 Å². The van der Waals surface area contributed by atoms with E-state index in [1.165, 1.54) is 9.75 Å². The standard InChI is InChI=1S/C10H11NS.ClH/c1-8-2-3-10(12-8)9-4-6-11-7-5-9;/h2-4,6-7,9H,5H2,1H3;1H. The molecule has 0 fully saturated rings. The molecule has 0 bridgehead atoms. The van der Waals surface area contributed by atoms with Crippen molar-refractivity contribution in [1.29, 1.82) is 0 Å². The summed E-state index contributed by atoms with van der Waals surface area (Å²) in [6, 6.07) is 4.40. The van der Waals surface area contributed by atoms with Gasteiger partial charge in [0.2, 0.25) is 0 Å². The van der Waals surface area contributed by atoms with E-state index in [2.05, 4.69) is 30.1 Å². The lowest BCUT2D eigenvalue weighted by atomic mass is 10.0. The highest BCUT2D eigenvalue weighted by Crippen LogP contribution is 2.28. The summed E-state index contributed by atoms with van der Waals surface area (Å²) in [5.41, 5.74) is 0. The molecule has 1 aromatic rings. The van der Waals surface area contributed by atoms with Crippen LogP contribution in [0, 0.1) is 6.92 Å². The van der Waals surface area contributed by atoms with Crippen molar-refractivity contribution < 1.29 is 0 Å². The van der Waals surface area contributed by atoms with Gasteiger partial charge < -0.3 is 0 Å². The summed E-state index contributed by atoms with van der Waals surface area (Å²) < 4.78 is 0. The number of thiophene rings is 1. The van der Waals surface area contributed by atoms with Crippen LogP contribution in [0.25, 0.3) is 0 Å². The highest BCUT2D eigenvalue weighted by Gasteiger charge is 2.10. The molecule has 1 unspecified atom stereocenters. The number of halogens is 1.